The monoisotopic (exact) mass is 290 g/mol. The van der Waals surface area contributed by atoms with Crippen molar-refractivity contribution in [1.29, 1.82) is 0 Å². The Morgan fingerprint density at radius 1 is 1.60 bits per heavy atom. The number of guanidine groups is 1. The summed E-state index contributed by atoms with van der Waals surface area (Å²) >= 11 is 5.17. The minimum Gasteiger partial charge on any atom is -0.356 e. The molecule has 15 heavy (non-hydrogen) atoms. The van der Waals surface area contributed by atoms with Gasteiger partial charge in [0.2, 0.25) is 5.96 Å². The highest BCUT2D eigenvalue weighted by Crippen LogP contribution is 2.22. The second-order valence-corrected chi connectivity index (χ2v) is 5.41. The van der Waals surface area contributed by atoms with Gasteiger partial charge >= 0.3 is 0 Å². The highest BCUT2D eigenvalue weighted by molar-refractivity contribution is 9.11. The van der Waals surface area contributed by atoms with Crippen LogP contribution in [0.15, 0.2) is 20.9 Å². The fraction of sp³-hybridized carbons (Fsp3) is 0.444. The SMILES string of the molecule is CCNC(=NCCc1ccc(Br)s1)NN. The van der Waals surface area contributed by atoms with E-state index in [1.807, 2.05) is 6.92 Å². The van der Waals surface area contributed by atoms with Gasteiger partial charge in [0.05, 0.1) is 3.79 Å². The lowest BCUT2D eigenvalue weighted by atomic mass is 10.3. The van der Waals surface area contributed by atoms with Gasteiger partial charge in [-0.1, -0.05) is 0 Å². The maximum absolute atomic E-state index is 5.29. The van der Waals surface area contributed by atoms with Gasteiger partial charge in [0.1, 0.15) is 0 Å². The summed E-state index contributed by atoms with van der Waals surface area (Å²) < 4.78 is 1.16. The summed E-state index contributed by atoms with van der Waals surface area (Å²) in [5.41, 5.74) is 2.53. The van der Waals surface area contributed by atoms with E-state index in [0.717, 1.165) is 23.3 Å². The number of halogens is 1. The van der Waals surface area contributed by atoms with Crippen LogP contribution >= 0.6 is 27.3 Å². The molecule has 0 radical (unpaired) electrons. The zero-order valence-electron chi connectivity index (χ0n) is 8.59. The van der Waals surface area contributed by atoms with Crippen LogP contribution < -0.4 is 16.6 Å². The molecule has 0 aliphatic carbocycles. The van der Waals surface area contributed by atoms with Crippen molar-refractivity contribution in [3.63, 3.8) is 0 Å². The Morgan fingerprint density at radius 2 is 2.40 bits per heavy atom. The molecule has 84 valence electrons. The molecule has 4 N–H and O–H groups in total. The molecule has 1 heterocycles. The van der Waals surface area contributed by atoms with Crippen LogP contribution in [0.3, 0.4) is 0 Å². The summed E-state index contributed by atoms with van der Waals surface area (Å²) in [6, 6.07) is 4.16. The fourth-order valence-electron chi connectivity index (χ4n) is 1.08. The molecular formula is C9H15BrN4S. The summed E-state index contributed by atoms with van der Waals surface area (Å²) in [6.07, 6.45) is 0.937. The topological polar surface area (TPSA) is 62.4 Å². The van der Waals surface area contributed by atoms with Crippen LogP contribution in [0.1, 0.15) is 11.8 Å². The minimum absolute atomic E-state index is 0.646. The predicted octanol–water partition coefficient (Wildman–Crippen LogP) is 1.48. The van der Waals surface area contributed by atoms with Crippen molar-refractivity contribution in [2.45, 2.75) is 13.3 Å². The first-order chi connectivity index (χ1) is 7.26. The van der Waals surface area contributed by atoms with Gasteiger partial charge in [-0.3, -0.25) is 10.4 Å². The Labute approximate surface area is 102 Å². The molecule has 0 aliphatic rings. The second-order valence-electron chi connectivity index (χ2n) is 2.86. The fourth-order valence-corrected chi connectivity index (χ4v) is 2.56. The molecule has 0 aliphatic heterocycles. The number of hydrogen-bond donors (Lipinski definition) is 3. The van der Waals surface area contributed by atoms with Crippen molar-refractivity contribution in [3.8, 4) is 0 Å². The van der Waals surface area contributed by atoms with E-state index in [4.69, 9.17) is 5.84 Å². The maximum atomic E-state index is 5.29. The Hall–Kier alpha value is -0.590. The van der Waals surface area contributed by atoms with Crippen LogP contribution in [-0.2, 0) is 6.42 Å². The number of rotatable bonds is 4. The van der Waals surface area contributed by atoms with Crippen LogP contribution in [-0.4, -0.2) is 19.0 Å². The van der Waals surface area contributed by atoms with Gasteiger partial charge in [-0.05, 0) is 35.0 Å². The largest absolute Gasteiger partial charge is 0.356 e. The summed E-state index contributed by atoms with van der Waals surface area (Å²) in [7, 11) is 0. The van der Waals surface area contributed by atoms with Gasteiger partial charge in [0.25, 0.3) is 0 Å². The van der Waals surface area contributed by atoms with Crippen molar-refractivity contribution < 1.29 is 0 Å². The first-order valence-corrected chi connectivity index (χ1v) is 6.36. The third-order valence-corrected chi connectivity index (χ3v) is 3.42. The Balaban J connectivity index is 2.36. The number of nitrogens with two attached hydrogens (primary N) is 1. The van der Waals surface area contributed by atoms with Crippen molar-refractivity contribution in [2.75, 3.05) is 13.1 Å². The number of hydrogen-bond acceptors (Lipinski definition) is 3. The van der Waals surface area contributed by atoms with Gasteiger partial charge in [-0.25, -0.2) is 5.84 Å². The zero-order chi connectivity index (χ0) is 11.1. The minimum atomic E-state index is 0.646. The molecule has 0 fully saturated rings. The van der Waals surface area contributed by atoms with E-state index in [1.54, 1.807) is 11.3 Å². The number of hydrazine groups is 1. The first-order valence-electron chi connectivity index (χ1n) is 4.75. The molecule has 4 nitrogen and oxygen atoms in total. The summed E-state index contributed by atoms with van der Waals surface area (Å²) in [5, 5.41) is 3.03. The molecule has 0 saturated carbocycles. The van der Waals surface area contributed by atoms with E-state index in [0.29, 0.717) is 5.96 Å². The first kappa shape index (κ1) is 12.5. The molecule has 0 saturated heterocycles. The van der Waals surface area contributed by atoms with Crippen molar-refractivity contribution in [3.05, 3.63) is 20.8 Å². The van der Waals surface area contributed by atoms with Gasteiger partial charge in [0.15, 0.2) is 0 Å². The Bertz CT molecular complexity index is 324. The normalized spacial score (nSPS) is 11.5. The standard InChI is InChI=1S/C9H15BrN4S/c1-2-12-9(14-11)13-6-5-7-3-4-8(10)15-7/h3-4H,2,5-6,11H2,1H3,(H2,12,13,14). The van der Waals surface area contributed by atoms with Crippen molar-refractivity contribution in [1.82, 2.24) is 10.7 Å². The van der Waals surface area contributed by atoms with Gasteiger partial charge < -0.3 is 5.32 Å². The van der Waals surface area contributed by atoms with Crippen LogP contribution in [0.2, 0.25) is 0 Å². The number of nitrogens with zero attached hydrogens (tertiary/aromatic N) is 1. The zero-order valence-corrected chi connectivity index (χ0v) is 11.0. The average Bonchev–Trinajstić information content (AvgIpc) is 2.63. The van der Waals surface area contributed by atoms with Gasteiger partial charge in [0, 0.05) is 24.4 Å². The quantitative estimate of drug-likeness (QED) is 0.341. The van der Waals surface area contributed by atoms with Crippen molar-refractivity contribution in [2.24, 2.45) is 10.8 Å². The van der Waals surface area contributed by atoms with Crippen LogP contribution in [0.4, 0.5) is 0 Å². The average molecular weight is 291 g/mol. The summed E-state index contributed by atoms with van der Waals surface area (Å²) in [4.78, 5) is 5.62. The molecule has 1 aromatic heterocycles. The molecule has 0 bridgehead atoms. The molecule has 0 amide bonds. The number of thiophene rings is 1. The number of aliphatic imine (C=N–C) groups is 1. The molecule has 0 spiro atoms. The second kappa shape index (κ2) is 6.81. The summed E-state index contributed by atoms with van der Waals surface area (Å²) in [6.45, 7) is 3.55. The third kappa shape index (κ3) is 4.63. The predicted molar refractivity (Wildman–Crippen MR) is 69.0 cm³/mol. The molecule has 1 rings (SSSR count). The van der Waals surface area contributed by atoms with Crippen molar-refractivity contribution >= 4 is 33.2 Å². The van der Waals surface area contributed by atoms with Crippen LogP contribution in [0.5, 0.6) is 0 Å². The molecule has 6 heteroatoms. The third-order valence-electron chi connectivity index (χ3n) is 1.74. The van der Waals surface area contributed by atoms with E-state index in [1.165, 1.54) is 4.88 Å². The maximum Gasteiger partial charge on any atom is 0.205 e. The molecule has 0 atom stereocenters. The lowest BCUT2D eigenvalue weighted by Crippen LogP contribution is -2.41. The lowest BCUT2D eigenvalue weighted by Gasteiger charge is -2.05. The smallest absolute Gasteiger partial charge is 0.205 e. The van der Waals surface area contributed by atoms with Crippen LogP contribution in [0, 0.1) is 0 Å². The highest BCUT2D eigenvalue weighted by atomic mass is 79.9. The van der Waals surface area contributed by atoms with E-state index >= 15 is 0 Å². The van der Waals surface area contributed by atoms with Crippen LogP contribution in [0.25, 0.3) is 0 Å². The summed E-state index contributed by atoms with van der Waals surface area (Å²) in [5.74, 6) is 5.94. The molecule has 0 unspecified atom stereocenters. The lowest BCUT2D eigenvalue weighted by molar-refractivity contribution is 0.846. The van der Waals surface area contributed by atoms with E-state index in [2.05, 4.69) is 43.8 Å². The highest BCUT2D eigenvalue weighted by Gasteiger charge is 1.97. The molecule has 1 aromatic rings. The molecular weight excluding hydrogens is 276 g/mol. The Kier molecular flexibility index (Phi) is 5.67. The van der Waals surface area contributed by atoms with E-state index in [-0.39, 0.29) is 0 Å². The Morgan fingerprint density at radius 3 is 2.93 bits per heavy atom. The number of nitrogens with one attached hydrogen (secondary N) is 2. The van der Waals surface area contributed by atoms with E-state index in [9.17, 15) is 0 Å². The molecule has 0 aromatic carbocycles. The van der Waals surface area contributed by atoms with Gasteiger partial charge in [-0.2, -0.15) is 0 Å². The van der Waals surface area contributed by atoms with E-state index < -0.39 is 0 Å². The van der Waals surface area contributed by atoms with Gasteiger partial charge in [-0.15, -0.1) is 11.3 Å².